The Morgan fingerprint density at radius 1 is 1.22 bits per heavy atom. The lowest BCUT2D eigenvalue weighted by atomic mass is 10.1. The predicted molar refractivity (Wildman–Crippen MR) is 71.8 cm³/mol. The summed E-state index contributed by atoms with van der Waals surface area (Å²) in [6.07, 6.45) is 1.52. The smallest absolute Gasteiger partial charge is 0.222 e. The van der Waals surface area contributed by atoms with Crippen molar-refractivity contribution in [3.63, 3.8) is 0 Å². The van der Waals surface area contributed by atoms with Gasteiger partial charge in [0.15, 0.2) is 0 Å². The van der Waals surface area contributed by atoms with Crippen molar-refractivity contribution in [3.8, 4) is 11.6 Å². The van der Waals surface area contributed by atoms with E-state index in [0.717, 1.165) is 17.0 Å². The first-order chi connectivity index (χ1) is 8.58. The Morgan fingerprint density at radius 2 is 2.00 bits per heavy atom. The standard InChI is InChI=1S/C14H17N3O/c1-9(2)12-7-14(17-8-16-12)18-13-6-4-5-11(15)10(13)3/h4-9H,15H2,1-3H3. The SMILES string of the molecule is Cc1c(N)cccc1Oc1cc(C(C)C)ncn1. The number of aromatic nitrogens is 2. The fourth-order valence-electron chi connectivity index (χ4n) is 1.58. The number of anilines is 1. The Hall–Kier alpha value is -2.10. The van der Waals surface area contributed by atoms with E-state index < -0.39 is 0 Å². The first-order valence-corrected chi connectivity index (χ1v) is 5.93. The number of ether oxygens (including phenoxy) is 1. The largest absolute Gasteiger partial charge is 0.439 e. The van der Waals surface area contributed by atoms with Crippen molar-refractivity contribution in [3.05, 3.63) is 41.9 Å². The van der Waals surface area contributed by atoms with Gasteiger partial charge in [-0.25, -0.2) is 9.97 Å². The van der Waals surface area contributed by atoms with Gasteiger partial charge in [0, 0.05) is 17.3 Å². The Labute approximate surface area is 107 Å². The molecule has 0 saturated heterocycles. The molecule has 0 unspecified atom stereocenters. The lowest BCUT2D eigenvalue weighted by Crippen LogP contribution is -1.98. The molecule has 0 fully saturated rings. The van der Waals surface area contributed by atoms with Crippen LogP contribution in [0.3, 0.4) is 0 Å². The van der Waals surface area contributed by atoms with Gasteiger partial charge < -0.3 is 10.5 Å². The van der Waals surface area contributed by atoms with Crippen LogP contribution >= 0.6 is 0 Å². The molecule has 0 aliphatic heterocycles. The molecule has 0 spiro atoms. The minimum absolute atomic E-state index is 0.345. The van der Waals surface area contributed by atoms with Crippen molar-refractivity contribution < 1.29 is 4.74 Å². The van der Waals surface area contributed by atoms with Crippen molar-refractivity contribution in [1.82, 2.24) is 9.97 Å². The minimum Gasteiger partial charge on any atom is -0.439 e. The molecule has 1 aromatic carbocycles. The Kier molecular flexibility index (Phi) is 3.46. The van der Waals surface area contributed by atoms with E-state index in [9.17, 15) is 0 Å². The molecule has 0 saturated carbocycles. The second-order valence-electron chi connectivity index (χ2n) is 4.51. The van der Waals surface area contributed by atoms with Crippen LogP contribution in [0.4, 0.5) is 5.69 Å². The zero-order valence-electron chi connectivity index (χ0n) is 10.8. The summed E-state index contributed by atoms with van der Waals surface area (Å²) >= 11 is 0. The van der Waals surface area contributed by atoms with Crippen molar-refractivity contribution in [2.45, 2.75) is 26.7 Å². The zero-order chi connectivity index (χ0) is 13.1. The van der Waals surface area contributed by atoms with E-state index in [1.165, 1.54) is 6.33 Å². The molecule has 0 aliphatic carbocycles. The summed E-state index contributed by atoms with van der Waals surface area (Å²) in [4.78, 5) is 8.32. The number of nitrogens with zero attached hydrogens (tertiary/aromatic N) is 2. The maximum Gasteiger partial charge on any atom is 0.222 e. The fourth-order valence-corrected chi connectivity index (χ4v) is 1.58. The maximum absolute atomic E-state index is 5.84. The minimum atomic E-state index is 0.345. The molecule has 18 heavy (non-hydrogen) atoms. The van der Waals surface area contributed by atoms with Gasteiger partial charge in [-0.05, 0) is 25.0 Å². The summed E-state index contributed by atoms with van der Waals surface area (Å²) in [5, 5.41) is 0. The average Bonchev–Trinajstić information content (AvgIpc) is 2.35. The second-order valence-corrected chi connectivity index (χ2v) is 4.51. The van der Waals surface area contributed by atoms with E-state index >= 15 is 0 Å². The molecule has 94 valence electrons. The summed E-state index contributed by atoms with van der Waals surface area (Å²) in [5.41, 5.74) is 8.43. The van der Waals surface area contributed by atoms with Gasteiger partial charge in [-0.15, -0.1) is 0 Å². The fraction of sp³-hybridized carbons (Fsp3) is 0.286. The number of hydrogen-bond acceptors (Lipinski definition) is 4. The van der Waals surface area contributed by atoms with E-state index in [4.69, 9.17) is 10.5 Å². The van der Waals surface area contributed by atoms with Gasteiger partial charge in [0.25, 0.3) is 0 Å². The molecule has 0 aliphatic rings. The molecular weight excluding hydrogens is 226 g/mol. The average molecular weight is 243 g/mol. The van der Waals surface area contributed by atoms with E-state index in [1.54, 1.807) is 0 Å². The van der Waals surface area contributed by atoms with Gasteiger partial charge in [-0.3, -0.25) is 0 Å². The van der Waals surface area contributed by atoms with Crippen LogP contribution < -0.4 is 10.5 Å². The van der Waals surface area contributed by atoms with Crippen molar-refractivity contribution in [2.75, 3.05) is 5.73 Å². The molecule has 4 heteroatoms. The monoisotopic (exact) mass is 243 g/mol. The van der Waals surface area contributed by atoms with Crippen LogP contribution in [0.1, 0.15) is 31.0 Å². The number of hydrogen-bond donors (Lipinski definition) is 1. The van der Waals surface area contributed by atoms with Crippen molar-refractivity contribution >= 4 is 5.69 Å². The van der Waals surface area contributed by atoms with Crippen LogP contribution in [0, 0.1) is 6.92 Å². The summed E-state index contributed by atoms with van der Waals surface area (Å²) < 4.78 is 5.75. The molecule has 0 radical (unpaired) electrons. The number of benzene rings is 1. The number of nitrogen functional groups attached to an aromatic ring is 1. The Morgan fingerprint density at radius 3 is 2.72 bits per heavy atom. The van der Waals surface area contributed by atoms with E-state index in [2.05, 4.69) is 23.8 Å². The Bertz CT molecular complexity index is 552. The van der Waals surface area contributed by atoms with Crippen LogP contribution in [0.25, 0.3) is 0 Å². The zero-order valence-corrected chi connectivity index (χ0v) is 10.8. The van der Waals surface area contributed by atoms with Crippen LogP contribution in [0.15, 0.2) is 30.6 Å². The quantitative estimate of drug-likeness (QED) is 0.840. The van der Waals surface area contributed by atoms with Gasteiger partial charge in [-0.2, -0.15) is 0 Å². The van der Waals surface area contributed by atoms with E-state index in [0.29, 0.717) is 17.5 Å². The highest BCUT2D eigenvalue weighted by Crippen LogP contribution is 2.27. The van der Waals surface area contributed by atoms with Crippen LogP contribution in [0.5, 0.6) is 11.6 Å². The summed E-state index contributed by atoms with van der Waals surface area (Å²) in [6, 6.07) is 7.44. The van der Waals surface area contributed by atoms with Crippen LogP contribution in [-0.4, -0.2) is 9.97 Å². The van der Waals surface area contributed by atoms with Gasteiger partial charge in [0.2, 0.25) is 5.88 Å². The Balaban J connectivity index is 2.28. The van der Waals surface area contributed by atoms with Gasteiger partial charge in [-0.1, -0.05) is 19.9 Å². The van der Waals surface area contributed by atoms with Crippen LogP contribution in [-0.2, 0) is 0 Å². The molecule has 2 aromatic rings. The normalized spacial score (nSPS) is 10.7. The molecule has 0 amide bonds. The predicted octanol–water partition coefficient (Wildman–Crippen LogP) is 3.28. The second kappa shape index (κ2) is 5.04. The highest BCUT2D eigenvalue weighted by Gasteiger charge is 2.07. The third-order valence-electron chi connectivity index (χ3n) is 2.80. The highest BCUT2D eigenvalue weighted by molar-refractivity contribution is 5.53. The molecule has 0 bridgehead atoms. The van der Waals surface area contributed by atoms with E-state index in [-0.39, 0.29) is 0 Å². The lowest BCUT2D eigenvalue weighted by Gasteiger charge is -2.10. The molecule has 2 N–H and O–H groups in total. The summed E-state index contributed by atoms with van der Waals surface area (Å²) in [6.45, 7) is 6.09. The number of rotatable bonds is 3. The first kappa shape index (κ1) is 12.4. The molecule has 0 atom stereocenters. The third kappa shape index (κ3) is 2.59. The molecule has 4 nitrogen and oxygen atoms in total. The lowest BCUT2D eigenvalue weighted by molar-refractivity contribution is 0.456. The van der Waals surface area contributed by atoms with Gasteiger partial charge in [0.1, 0.15) is 12.1 Å². The first-order valence-electron chi connectivity index (χ1n) is 5.93. The van der Waals surface area contributed by atoms with Crippen molar-refractivity contribution in [1.29, 1.82) is 0 Å². The third-order valence-corrected chi connectivity index (χ3v) is 2.80. The van der Waals surface area contributed by atoms with Gasteiger partial charge >= 0.3 is 0 Å². The summed E-state index contributed by atoms with van der Waals surface area (Å²) in [7, 11) is 0. The highest BCUT2D eigenvalue weighted by atomic mass is 16.5. The van der Waals surface area contributed by atoms with E-state index in [1.807, 2.05) is 31.2 Å². The number of nitrogens with two attached hydrogens (primary N) is 1. The maximum atomic E-state index is 5.84. The molecule has 1 heterocycles. The van der Waals surface area contributed by atoms with Crippen LogP contribution in [0.2, 0.25) is 0 Å². The molecule has 1 aromatic heterocycles. The van der Waals surface area contributed by atoms with Crippen molar-refractivity contribution in [2.24, 2.45) is 0 Å². The topological polar surface area (TPSA) is 61.0 Å². The van der Waals surface area contributed by atoms with Gasteiger partial charge in [0.05, 0.1) is 5.69 Å². The molecular formula is C14H17N3O. The summed E-state index contributed by atoms with van der Waals surface area (Å²) in [5.74, 6) is 1.61. The molecule has 2 rings (SSSR count).